The lowest BCUT2D eigenvalue weighted by Crippen LogP contribution is -2.44. The van der Waals surface area contributed by atoms with E-state index in [0.717, 1.165) is 69.7 Å². The van der Waals surface area contributed by atoms with E-state index in [1.54, 1.807) is 6.20 Å². The minimum atomic E-state index is 0.431. The number of ether oxygens (including phenoxy) is 1. The molecule has 0 bridgehead atoms. The molecule has 0 saturated carbocycles. The Morgan fingerprint density at radius 2 is 1.82 bits per heavy atom. The molecule has 0 radical (unpaired) electrons. The van der Waals surface area contributed by atoms with Gasteiger partial charge in [0.2, 0.25) is 5.95 Å². The van der Waals surface area contributed by atoms with Crippen LogP contribution in [0.2, 0.25) is 0 Å². The summed E-state index contributed by atoms with van der Waals surface area (Å²) < 4.78 is 5.42. The van der Waals surface area contributed by atoms with Crippen molar-refractivity contribution in [2.45, 2.75) is 18.9 Å². The van der Waals surface area contributed by atoms with Crippen molar-refractivity contribution in [2.75, 3.05) is 61.1 Å². The van der Waals surface area contributed by atoms with Crippen molar-refractivity contribution >= 4 is 17.5 Å². The maximum Gasteiger partial charge on any atom is 0.227 e. The fourth-order valence-electron chi connectivity index (χ4n) is 3.83. The molecule has 2 aromatic rings. The zero-order valence-electron chi connectivity index (χ0n) is 16.2. The molecule has 0 spiro atoms. The molecule has 28 heavy (non-hydrogen) atoms. The van der Waals surface area contributed by atoms with Crippen LogP contribution in [0.4, 0.5) is 17.5 Å². The standard InChI is InChI=1S/C20H25N7O/c1-25(19-3-7-23-20(24-19)27-10-12-28-13-11-27)17-4-8-26(9-5-17)18-2-6-22-16(14-18)15-21/h2-3,6-7,14,17H,4-5,8-13H2,1H3. The number of pyridine rings is 1. The number of hydrogen-bond acceptors (Lipinski definition) is 8. The SMILES string of the molecule is CN(c1ccnc(N2CCOCC2)n1)C1CCN(c2ccnc(C#N)c2)CC1. The lowest BCUT2D eigenvalue weighted by atomic mass is 10.0. The van der Waals surface area contributed by atoms with Crippen LogP contribution in [0.3, 0.4) is 0 Å². The van der Waals surface area contributed by atoms with Crippen LogP contribution >= 0.6 is 0 Å². The fraction of sp³-hybridized carbons (Fsp3) is 0.500. The predicted octanol–water partition coefficient (Wildman–Crippen LogP) is 1.69. The molecule has 146 valence electrons. The highest BCUT2D eigenvalue weighted by molar-refractivity contribution is 5.50. The summed E-state index contributed by atoms with van der Waals surface area (Å²) >= 11 is 0. The van der Waals surface area contributed by atoms with Crippen LogP contribution in [0.1, 0.15) is 18.5 Å². The van der Waals surface area contributed by atoms with Crippen molar-refractivity contribution < 1.29 is 4.74 Å². The average Bonchev–Trinajstić information content (AvgIpc) is 2.79. The monoisotopic (exact) mass is 379 g/mol. The third-order valence-electron chi connectivity index (χ3n) is 5.52. The molecule has 8 heteroatoms. The fourth-order valence-corrected chi connectivity index (χ4v) is 3.83. The Morgan fingerprint density at radius 1 is 1.07 bits per heavy atom. The third-order valence-corrected chi connectivity index (χ3v) is 5.52. The van der Waals surface area contributed by atoms with Gasteiger partial charge < -0.3 is 19.4 Å². The van der Waals surface area contributed by atoms with Gasteiger partial charge in [0.1, 0.15) is 17.6 Å². The second kappa shape index (κ2) is 8.40. The van der Waals surface area contributed by atoms with E-state index in [2.05, 4.69) is 37.8 Å². The van der Waals surface area contributed by atoms with Gasteiger partial charge in [0, 0.05) is 57.3 Å². The van der Waals surface area contributed by atoms with Crippen LogP contribution in [-0.2, 0) is 4.74 Å². The number of nitrogens with zero attached hydrogens (tertiary/aromatic N) is 7. The van der Waals surface area contributed by atoms with Crippen molar-refractivity contribution in [1.82, 2.24) is 15.0 Å². The summed E-state index contributed by atoms with van der Waals surface area (Å²) in [5.74, 6) is 1.75. The highest BCUT2D eigenvalue weighted by atomic mass is 16.5. The van der Waals surface area contributed by atoms with E-state index in [4.69, 9.17) is 15.0 Å². The van der Waals surface area contributed by atoms with Gasteiger partial charge in [0.25, 0.3) is 0 Å². The third kappa shape index (κ3) is 3.99. The van der Waals surface area contributed by atoms with Gasteiger partial charge in [-0.3, -0.25) is 0 Å². The van der Waals surface area contributed by atoms with Crippen molar-refractivity contribution in [3.63, 3.8) is 0 Å². The molecular weight excluding hydrogens is 354 g/mol. The van der Waals surface area contributed by atoms with Crippen LogP contribution in [0.25, 0.3) is 0 Å². The normalized spacial score (nSPS) is 18.0. The minimum Gasteiger partial charge on any atom is -0.378 e. The summed E-state index contributed by atoms with van der Waals surface area (Å²) in [5.41, 5.74) is 1.54. The first kappa shape index (κ1) is 18.4. The summed E-state index contributed by atoms with van der Waals surface area (Å²) in [4.78, 5) is 20.1. The van der Waals surface area contributed by atoms with Gasteiger partial charge in [0.15, 0.2) is 0 Å². The van der Waals surface area contributed by atoms with E-state index < -0.39 is 0 Å². The van der Waals surface area contributed by atoms with E-state index >= 15 is 0 Å². The van der Waals surface area contributed by atoms with Crippen molar-refractivity contribution in [1.29, 1.82) is 5.26 Å². The first-order valence-corrected chi connectivity index (χ1v) is 9.74. The maximum atomic E-state index is 9.06. The number of piperidine rings is 1. The summed E-state index contributed by atoms with van der Waals surface area (Å²) in [6.45, 7) is 5.02. The van der Waals surface area contributed by atoms with Gasteiger partial charge in [-0.15, -0.1) is 0 Å². The second-order valence-corrected chi connectivity index (χ2v) is 7.15. The van der Waals surface area contributed by atoms with Crippen LogP contribution in [0, 0.1) is 11.3 Å². The van der Waals surface area contributed by atoms with E-state index in [0.29, 0.717) is 11.7 Å². The summed E-state index contributed by atoms with van der Waals surface area (Å²) in [5, 5.41) is 9.06. The Balaban J connectivity index is 1.40. The molecule has 0 amide bonds. The van der Waals surface area contributed by atoms with E-state index in [1.807, 2.05) is 24.4 Å². The van der Waals surface area contributed by atoms with Crippen LogP contribution < -0.4 is 14.7 Å². The molecule has 2 aliphatic rings. The van der Waals surface area contributed by atoms with Crippen molar-refractivity contribution in [3.8, 4) is 6.07 Å². The van der Waals surface area contributed by atoms with Gasteiger partial charge in [-0.2, -0.15) is 10.2 Å². The summed E-state index contributed by atoms with van der Waals surface area (Å²) in [7, 11) is 2.12. The van der Waals surface area contributed by atoms with Gasteiger partial charge in [-0.25, -0.2) is 9.97 Å². The molecule has 8 nitrogen and oxygen atoms in total. The van der Waals surface area contributed by atoms with E-state index in [1.165, 1.54) is 0 Å². The van der Waals surface area contributed by atoms with E-state index in [-0.39, 0.29) is 0 Å². The Hall–Kier alpha value is -2.92. The molecular formula is C20H25N7O. The smallest absolute Gasteiger partial charge is 0.227 e. The number of morpholine rings is 1. The highest BCUT2D eigenvalue weighted by Gasteiger charge is 2.24. The average molecular weight is 379 g/mol. The largest absolute Gasteiger partial charge is 0.378 e. The van der Waals surface area contributed by atoms with Gasteiger partial charge >= 0.3 is 0 Å². The van der Waals surface area contributed by atoms with Crippen LogP contribution in [-0.4, -0.2) is 67.4 Å². The van der Waals surface area contributed by atoms with Crippen LogP contribution in [0.15, 0.2) is 30.6 Å². The Morgan fingerprint density at radius 3 is 2.57 bits per heavy atom. The van der Waals surface area contributed by atoms with Crippen molar-refractivity contribution in [2.24, 2.45) is 0 Å². The van der Waals surface area contributed by atoms with Gasteiger partial charge in [-0.1, -0.05) is 0 Å². The molecule has 0 atom stereocenters. The topological polar surface area (TPSA) is 81.4 Å². The van der Waals surface area contributed by atoms with Crippen molar-refractivity contribution in [3.05, 3.63) is 36.3 Å². The first-order chi connectivity index (χ1) is 13.7. The Kier molecular flexibility index (Phi) is 5.53. The lowest BCUT2D eigenvalue weighted by molar-refractivity contribution is 0.122. The quantitative estimate of drug-likeness (QED) is 0.794. The predicted molar refractivity (Wildman–Crippen MR) is 108 cm³/mol. The molecule has 2 saturated heterocycles. The maximum absolute atomic E-state index is 9.06. The van der Waals surface area contributed by atoms with Gasteiger partial charge in [0.05, 0.1) is 13.2 Å². The highest BCUT2D eigenvalue weighted by Crippen LogP contribution is 2.25. The molecule has 0 N–H and O–H groups in total. The molecule has 2 aliphatic heterocycles. The second-order valence-electron chi connectivity index (χ2n) is 7.15. The Bertz CT molecular complexity index is 838. The summed E-state index contributed by atoms with van der Waals surface area (Å²) in [6, 6.07) is 8.37. The first-order valence-electron chi connectivity index (χ1n) is 9.74. The minimum absolute atomic E-state index is 0.431. The number of nitriles is 1. The number of hydrogen-bond donors (Lipinski definition) is 0. The number of rotatable bonds is 4. The molecule has 4 heterocycles. The molecule has 4 rings (SSSR count). The number of aromatic nitrogens is 3. The number of anilines is 3. The zero-order chi connectivity index (χ0) is 19.3. The molecule has 2 aromatic heterocycles. The summed E-state index contributed by atoms with van der Waals surface area (Å²) in [6.07, 6.45) is 5.63. The molecule has 0 unspecified atom stereocenters. The Labute approximate surface area is 165 Å². The molecule has 0 aliphatic carbocycles. The zero-order valence-corrected chi connectivity index (χ0v) is 16.2. The van der Waals surface area contributed by atoms with E-state index in [9.17, 15) is 0 Å². The molecule has 2 fully saturated rings. The lowest BCUT2D eigenvalue weighted by Gasteiger charge is -2.38. The molecule has 0 aromatic carbocycles. The van der Waals surface area contributed by atoms with Crippen LogP contribution in [0.5, 0.6) is 0 Å². The van der Waals surface area contributed by atoms with Gasteiger partial charge in [-0.05, 0) is 31.0 Å².